The summed E-state index contributed by atoms with van der Waals surface area (Å²) < 4.78 is 0. The molecule has 0 amide bonds. The van der Waals surface area contributed by atoms with Crippen LogP contribution in [-0.4, -0.2) is 36.4 Å². The van der Waals surface area contributed by atoms with Gasteiger partial charge in [0.15, 0.2) is 0 Å². The molecule has 0 radical (unpaired) electrons. The topological polar surface area (TPSA) is 35.5 Å². The van der Waals surface area contributed by atoms with E-state index in [0.29, 0.717) is 12.1 Å². The van der Waals surface area contributed by atoms with Gasteiger partial charge in [0.1, 0.15) is 0 Å². The quantitative estimate of drug-likeness (QED) is 0.827. The maximum atomic E-state index is 10.1. The fourth-order valence-corrected chi connectivity index (χ4v) is 2.79. The summed E-state index contributed by atoms with van der Waals surface area (Å²) in [6, 6.07) is 9.71. The third-order valence-electron chi connectivity index (χ3n) is 3.98. The third kappa shape index (κ3) is 2.52. The molecule has 0 saturated heterocycles. The molecule has 1 aliphatic heterocycles. The van der Waals surface area contributed by atoms with Gasteiger partial charge in [-0.3, -0.25) is 0 Å². The lowest BCUT2D eigenvalue weighted by atomic mass is 10.1. The van der Waals surface area contributed by atoms with Crippen molar-refractivity contribution in [2.45, 2.75) is 44.4 Å². The van der Waals surface area contributed by atoms with Gasteiger partial charge in [0.05, 0.1) is 6.10 Å². The van der Waals surface area contributed by atoms with E-state index >= 15 is 0 Å². The summed E-state index contributed by atoms with van der Waals surface area (Å²) in [5.74, 6) is 0. The zero-order chi connectivity index (χ0) is 12.5. The molecule has 2 aliphatic rings. The SMILES string of the molecule is CC1Cc2ccccc2N1CC(O)CNC1CC1. The van der Waals surface area contributed by atoms with E-state index in [-0.39, 0.29) is 6.10 Å². The molecule has 1 aromatic carbocycles. The molecule has 0 bridgehead atoms. The van der Waals surface area contributed by atoms with E-state index in [4.69, 9.17) is 0 Å². The van der Waals surface area contributed by atoms with Gasteiger partial charge in [-0.25, -0.2) is 0 Å². The molecule has 1 aliphatic carbocycles. The average molecular weight is 246 g/mol. The number of hydrogen-bond acceptors (Lipinski definition) is 3. The number of fused-ring (bicyclic) bond motifs is 1. The van der Waals surface area contributed by atoms with Crippen LogP contribution in [0.5, 0.6) is 0 Å². The Kier molecular flexibility index (Phi) is 3.27. The summed E-state index contributed by atoms with van der Waals surface area (Å²) in [5, 5.41) is 13.5. The average Bonchev–Trinajstić information content (AvgIpc) is 3.14. The lowest BCUT2D eigenvalue weighted by Crippen LogP contribution is -2.41. The second-order valence-corrected chi connectivity index (χ2v) is 5.67. The summed E-state index contributed by atoms with van der Waals surface area (Å²) in [7, 11) is 0. The zero-order valence-corrected chi connectivity index (χ0v) is 11.0. The Morgan fingerprint density at radius 2 is 2.17 bits per heavy atom. The Balaban J connectivity index is 1.61. The molecule has 3 nitrogen and oxygen atoms in total. The lowest BCUT2D eigenvalue weighted by Gasteiger charge is -2.27. The van der Waals surface area contributed by atoms with E-state index in [1.807, 2.05) is 0 Å². The number of nitrogens with zero attached hydrogens (tertiary/aromatic N) is 1. The number of rotatable bonds is 5. The molecular formula is C15H22N2O. The van der Waals surface area contributed by atoms with Crippen molar-refractivity contribution in [2.75, 3.05) is 18.0 Å². The lowest BCUT2D eigenvalue weighted by molar-refractivity contribution is 0.174. The third-order valence-corrected chi connectivity index (χ3v) is 3.98. The summed E-state index contributed by atoms with van der Waals surface area (Å²) in [6.45, 7) is 3.69. The standard InChI is InChI=1S/C15H22N2O/c1-11-8-12-4-2-3-5-15(12)17(11)10-14(18)9-16-13-6-7-13/h2-5,11,13-14,16,18H,6-10H2,1H3. The number of hydrogen-bond donors (Lipinski definition) is 2. The van der Waals surface area contributed by atoms with Crippen molar-refractivity contribution in [1.82, 2.24) is 5.32 Å². The second-order valence-electron chi connectivity index (χ2n) is 5.67. The fraction of sp³-hybridized carbons (Fsp3) is 0.600. The van der Waals surface area contributed by atoms with Crippen molar-refractivity contribution < 1.29 is 5.11 Å². The van der Waals surface area contributed by atoms with Crippen LogP contribution in [0.3, 0.4) is 0 Å². The summed E-state index contributed by atoms with van der Waals surface area (Å²) in [5.41, 5.74) is 2.71. The molecule has 0 spiro atoms. The number of anilines is 1. The van der Waals surface area contributed by atoms with Crippen LogP contribution in [0.1, 0.15) is 25.3 Å². The first-order chi connectivity index (χ1) is 8.74. The summed E-state index contributed by atoms with van der Waals surface area (Å²) in [6.07, 6.45) is 3.36. The number of nitrogens with one attached hydrogen (secondary N) is 1. The number of β-amino-alcohol motifs (C(OH)–C–C–N with tert-alkyl or cyclic N) is 1. The van der Waals surface area contributed by atoms with E-state index in [2.05, 4.69) is 41.4 Å². The van der Waals surface area contributed by atoms with Crippen molar-refractivity contribution in [1.29, 1.82) is 0 Å². The number of benzene rings is 1. The van der Waals surface area contributed by atoms with Crippen LogP contribution in [0.15, 0.2) is 24.3 Å². The highest BCUT2D eigenvalue weighted by atomic mass is 16.3. The minimum atomic E-state index is -0.279. The van der Waals surface area contributed by atoms with Gasteiger partial charge < -0.3 is 15.3 Å². The molecule has 1 saturated carbocycles. The Hall–Kier alpha value is -1.06. The normalized spacial score (nSPS) is 24.1. The van der Waals surface area contributed by atoms with Crippen LogP contribution in [0.4, 0.5) is 5.69 Å². The molecule has 0 aromatic heterocycles. The molecule has 2 N–H and O–H groups in total. The Morgan fingerprint density at radius 1 is 1.39 bits per heavy atom. The highest BCUT2D eigenvalue weighted by Gasteiger charge is 2.28. The number of aliphatic hydroxyl groups excluding tert-OH is 1. The molecule has 1 heterocycles. The Bertz CT molecular complexity index is 417. The molecule has 2 atom stereocenters. The van der Waals surface area contributed by atoms with Gasteiger partial charge >= 0.3 is 0 Å². The van der Waals surface area contributed by atoms with Gasteiger partial charge in [-0.2, -0.15) is 0 Å². The van der Waals surface area contributed by atoms with Gasteiger partial charge in [0.25, 0.3) is 0 Å². The first-order valence-corrected chi connectivity index (χ1v) is 7.00. The van der Waals surface area contributed by atoms with Gasteiger partial charge in [0, 0.05) is 30.9 Å². The Labute approximate surface area is 109 Å². The van der Waals surface area contributed by atoms with E-state index in [1.165, 1.54) is 24.1 Å². The first-order valence-electron chi connectivity index (χ1n) is 7.00. The molecule has 98 valence electrons. The highest BCUT2D eigenvalue weighted by molar-refractivity contribution is 5.59. The van der Waals surface area contributed by atoms with Crippen LogP contribution in [0, 0.1) is 0 Å². The van der Waals surface area contributed by atoms with Crippen LogP contribution >= 0.6 is 0 Å². The minimum absolute atomic E-state index is 0.279. The van der Waals surface area contributed by atoms with Crippen molar-refractivity contribution in [3.8, 4) is 0 Å². The largest absolute Gasteiger partial charge is 0.390 e. The minimum Gasteiger partial charge on any atom is -0.390 e. The van der Waals surface area contributed by atoms with E-state index in [9.17, 15) is 5.11 Å². The van der Waals surface area contributed by atoms with Crippen molar-refractivity contribution in [3.63, 3.8) is 0 Å². The fourth-order valence-electron chi connectivity index (χ4n) is 2.79. The van der Waals surface area contributed by atoms with Gasteiger partial charge in [-0.05, 0) is 37.8 Å². The van der Waals surface area contributed by atoms with Crippen LogP contribution < -0.4 is 10.2 Å². The van der Waals surface area contributed by atoms with Crippen molar-refractivity contribution in [2.24, 2.45) is 0 Å². The number of aliphatic hydroxyl groups is 1. The predicted octanol–water partition coefficient (Wildman–Crippen LogP) is 1.55. The van der Waals surface area contributed by atoms with Gasteiger partial charge in [0.2, 0.25) is 0 Å². The molecule has 2 unspecified atom stereocenters. The second kappa shape index (κ2) is 4.90. The van der Waals surface area contributed by atoms with Gasteiger partial charge in [-0.15, -0.1) is 0 Å². The molecule has 1 fully saturated rings. The molecule has 18 heavy (non-hydrogen) atoms. The van der Waals surface area contributed by atoms with E-state index < -0.39 is 0 Å². The first kappa shape index (κ1) is 12.0. The van der Waals surface area contributed by atoms with Crippen LogP contribution in [-0.2, 0) is 6.42 Å². The van der Waals surface area contributed by atoms with Crippen LogP contribution in [0.2, 0.25) is 0 Å². The van der Waals surface area contributed by atoms with E-state index in [0.717, 1.165) is 19.5 Å². The molecule has 3 rings (SSSR count). The maximum Gasteiger partial charge on any atom is 0.0839 e. The zero-order valence-electron chi connectivity index (χ0n) is 11.0. The van der Waals surface area contributed by atoms with E-state index in [1.54, 1.807) is 0 Å². The number of para-hydroxylation sites is 1. The van der Waals surface area contributed by atoms with Crippen molar-refractivity contribution in [3.05, 3.63) is 29.8 Å². The molecule has 3 heteroatoms. The molecule has 1 aromatic rings. The van der Waals surface area contributed by atoms with Crippen LogP contribution in [0.25, 0.3) is 0 Å². The summed E-state index contributed by atoms with van der Waals surface area (Å²) >= 11 is 0. The predicted molar refractivity (Wildman–Crippen MR) is 74.0 cm³/mol. The Morgan fingerprint density at radius 3 is 2.94 bits per heavy atom. The smallest absolute Gasteiger partial charge is 0.0839 e. The molecular weight excluding hydrogens is 224 g/mol. The monoisotopic (exact) mass is 246 g/mol. The highest BCUT2D eigenvalue weighted by Crippen LogP contribution is 2.31. The summed E-state index contributed by atoms with van der Waals surface area (Å²) in [4.78, 5) is 2.34. The maximum absolute atomic E-state index is 10.1. The van der Waals surface area contributed by atoms with Gasteiger partial charge in [-0.1, -0.05) is 18.2 Å². The van der Waals surface area contributed by atoms with Crippen molar-refractivity contribution >= 4 is 5.69 Å².